The highest BCUT2D eigenvalue weighted by Crippen LogP contribution is 2.25. The molecule has 0 fully saturated rings. The molecular weight excluding hydrogens is 246 g/mol. The van der Waals surface area contributed by atoms with E-state index in [2.05, 4.69) is 10.3 Å². The van der Waals surface area contributed by atoms with Crippen LogP contribution in [0.25, 0.3) is 10.9 Å². The van der Waals surface area contributed by atoms with Crippen LogP contribution in [-0.2, 0) is 10.8 Å². The Kier molecular flexibility index (Phi) is 3.81. The average Bonchev–Trinajstić information content (AvgIpc) is 2.36. The van der Waals surface area contributed by atoms with Crippen LogP contribution in [0.4, 0.5) is 11.4 Å². The van der Waals surface area contributed by atoms with Crippen molar-refractivity contribution < 1.29 is 4.21 Å². The Morgan fingerprint density at radius 2 is 2.22 bits per heavy atom. The molecule has 1 heterocycles. The van der Waals surface area contributed by atoms with E-state index in [-0.39, 0.29) is 5.25 Å². The van der Waals surface area contributed by atoms with Gasteiger partial charge >= 0.3 is 0 Å². The first-order valence-electron chi connectivity index (χ1n) is 5.79. The van der Waals surface area contributed by atoms with E-state index in [0.717, 1.165) is 16.6 Å². The molecular formula is C13H17N3OS. The number of nitrogens with one attached hydrogen (secondary N) is 1. The second kappa shape index (κ2) is 5.35. The molecule has 0 aliphatic carbocycles. The number of hydrogen-bond donors (Lipinski definition) is 2. The maximum atomic E-state index is 11.3. The Balaban J connectivity index is 2.29. The molecule has 18 heavy (non-hydrogen) atoms. The third kappa shape index (κ3) is 2.61. The molecule has 0 saturated carbocycles. The molecule has 0 aliphatic rings. The highest BCUT2D eigenvalue weighted by molar-refractivity contribution is 7.84. The van der Waals surface area contributed by atoms with Gasteiger partial charge in [-0.2, -0.15) is 0 Å². The van der Waals surface area contributed by atoms with Gasteiger partial charge in [-0.3, -0.25) is 9.19 Å². The van der Waals surface area contributed by atoms with E-state index in [0.29, 0.717) is 12.2 Å². The fourth-order valence-electron chi connectivity index (χ4n) is 1.72. The summed E-state index contributed by atoms with van der Waals surface area (Å²) in [6, 6.07) is 7.64. The molecule has 0 radical (unpaired) electrons. The largest absolute Gasteiger partial charge is 0.397 e. The number of aromatic nitrogens is 1. The van der Waals surface area contributed by atoms with E-state index >= 15 is 0 Å². The highest BCUT2D eigenvalue weighted by atomic mass is 32.2. The van der Waals surface area contributed by atoms with Crippen LogP contribution in [-0.4, -0.2) is 27.2 Å². The molecule has 0 bridgehead atoms. The molecule has 2 atom stereocenters. The second-order valence-electron chi connectivity index (χ2n) is 4.29. The summed E-state index contributed by atoms with van der Waals surface area (Å²) >= 11 is 0. The number of para-hydroxylation sites is 1. The first kappa shape index (κ1) is 12.8. The van der Waals surface area contributed by atoms with Crippen molar-refractivity contribution in [3.63, 3.8) is 0 Å². The molecule has 1 aromatic carbocycles. The van der Waals surface area contributed by atoms with Crippen molar-refractivity contribution in [2.75, 3.05) is 23.9 Å². The van der Waals surface area contributed by atoms with Crippen molar-refractivity contribution >= 4 is 33.1 Å². The van der Waals surface area contributed by atoms with E-state index in [1.165, 1.54) is 0 Å². The van der Waals surface area contributed by atoms with Gasteiger partial charge in [0.1, 0.15) is 0 Å². The molecule has 2 unspecified atom stereocenters. The summed E-state index contributed by atoms with van der Waals surface area (Å²) in [5, 5.41) is 4.41. The van der Waals surface area contributed by atoms with Crippen LogP contribution in [0.2, 0.25) is 0 Å². The van der Waals surface area contributed by atoms with E-state index in [1.807, 2.05) is 31.2 Å². The molecule has 0 spiro atoms. The molecule has 2 aromatic rings. The van der Waals surface area contributed by atoms with Crippen LogP contribution in [0, 0.1) is 0 Å². The smallest absolute Gasteiger partial charge is 0.0951 e. The van der Waals surface area contributed by atoms with Gasteiger partial charge in [0.2, 0.25) is 0 Å². The maximum absolute atomic E-state index is 11.3. The van der Waals surface area contributed by atoms with Crippen molar-refractivity contribution in [3.8, 4) is 0 Å². The lowest BCUT2D eigenvalue weighted by Gasteiger charge is -2.13. The van der Waals surface area contributed by atoms with Gasteiger partial charge in [0, 0.05) is 46.1 Å². The van der Waals surface area contributed by atoms with Crippen LogP contribution in [0.1, 0.15) is 6.92 Å². The van der Waals surface area contributed by atoms with Gasteiger partial charge in [-0.15, -0.1) is 0 Å². The lowest BCUT2D eigenvalue weighted by atomic mass is 10.1. The van der Waals surface area contributed by atoms with Gasteiger partial charge < -0.3 is 11.1 Å². The van der Waals surface area contributed by atoms with Gasteiger partial charge in [0.05, 0.1) is 11.2 Å². The molecule has 0 amide bonds. The van der Waals surface area contributed by atoms with Gasteiger partial charge in [-0.1, -0.05) is 12.1 Å². The summed E-state index contributed by atoms with van der Waals surface area (Å²) in [6.45, 7) is 2.62. The number of nitrogen functional groups attached to an aromatic ring is 1. The number of hydrogen-bond acceptors (Lipinski definition) is 4. The first-order chi connectivity index (χ1) is 8.59. The minimum absolute atomic E-state index is 0.106. The summed E-state index contributed by atoms with van der Waals surface area (Å²) < 4.78 is 11.3. The monoisotopic (exact) mass is 263 g/mol. The Labute approximate surface area is 109 Å². The van der Waals surface area contributed by atoms with Crippen LogP contribution < -0.4 is 11.1 Å². The summed E-state index contributed by atoms with van der Waals surface area (Å²) in [5.41, 5.74) is 8.34. The van der Waals surface area contributed by atoms with Crippen molar-refractivity contribution in [2.24, 2.45) is 0 Å². The maximum Gasteiger partial charge on any atom is 0.0951 e. The lowest BCUT2D eigenvalue weighted by molar-refractivity contribution is 0.679. The first-order valence-corrected chi connectivity index (χ1v) is 7.41. The van der Waals surface area contributed by atoms with Crippen molar-refractivity contribution in [1.82, 2.24) is 4.98 Å². The van der Waals surface area contributed by atoms with E-state index in [4.69, 9.17) is 5.73 Å². The molecule has 4 nitrogen and oxygen atoms in total. The molecule has 96 valence electrons. The Morgan fingerprint density at radius 3 is 2.94 bits per heavy atom. The number of anilines is 2. The van der Waals surface area contributed by atoms with E-state index < -0.39 is 10.8 Å². The van der Waals surface area contributed by atoms with Gasteiger partial charge in [-0.25, -0.2) is 0 Å². The van der Waals surface area contributed by atoms with Crippen LogP contribution >= 0.6 is 0 Å². The molecule has 3 N–H and O–H groups in total. The molecule has 2 rings (SSSR count). The molecule has 0 saturated heterocycles. The Bertz CT molecular complexity index is 585. The third-order valence-corrected chi connectivity index (χ3v) is 4.25. The highest BCUT2D eigenvalue weighted by Gasteiger charge is 2.08. The SMILES string of the molecule is CC(CNc1ccnc2c(N)cccc12)S(C)=O. The third-order valence-electron chi connectivity index (χ3n) is 2.95. The van der Waals surface area contributed by atoms with Crippen molar-refractivity contribution in [2.45, 2.75) is 12.2 Å². The number of benzene rings is 1. The van der Waals surface area contributed by atoms with Crippen molar-refractivity contribution in [3.05, 3.63) is 30.5 Å². The average molecular weight is 263 g/mol. The van der Waals surface area contributed by atoms with Crippen LogP contribution in [0.15, 0.2) is 30.5 Å². The predicted octanol–water partition coefficient (Wildman–Crippen LogP) is 2.00. The fourth-order valence-corrected chi connectivity index (χ4v) is 2.04. The number of nitrogens with zero attached hydrogens (tertiary/aromatic N) is 1. The van der Waals surface area contributed by atoms with E-state index in [1.54, 1.807) is 12.5 Å². The summed E-state index contributed by atoms with van der Waals surface area (Å²) in [7, 11) is -0.825. The standard InChI is InChI=1S/C13H17N3OS/c1-9(18(2)17)8-16-12-6-7-15-13-10(12)4-3-5-11(13)14/h3-7,9H,8,14H2,1-2H3,(H,15,16). The fraction of sp³-hybridized carbons (Fsp3) is 0.308. The quantitative estimate of drug-likeness (QED) is 0.828. The number of pyridine rings is 1. The van der Waals surface area contributed by atoms with Crippen LogP contribution in [0.5, 0.6) is 0 Å². The van der Waals surface area contributed by atoms with Gasteiger partial charge in [-0.05, 0) is 19.1 Å². The summed E-state index contributed by atoms with van der Waals surface area (Å²) in [5.74, 6) is 0. The van der Waals surface area contributed by atoms with Gasteiger partial charge in [0.25, 0.3) is 0 Å². The topological polar surface area (TPSA) is 68.0 Å². The molecule has 0 aliphatic heterocycles. The number of rotatable bonds is 4. The van der Waals surface area contributed by atoms with Gasteiger partial charge in [0.15, 0.2) is 0 Å². The van der Waals surface area contributed by atoms with Crippen molar-refractivity contribution in [1.29, 1.82) is 0 Å². The zero-order valence-corrected chi connectivity index (χ0v) is 11.3. The lowest BCUT2D eigenvalue weighted by Crippen LogP contribution is -2.20. The normalized spacial score (nSPS) is 14.3. The zero-order valence-electron chi connectivity index (χ0n) is 10.5. The second-order valence-corrected chi connectivity index (χ2v) is 6.09. The minimum Gasteiger partial charge on any atom is -0.397 e. The number of fused-ring (bicyclic) bond motifs is 1. The van der Waals surface area contributed by atoms with E-state index in [9.17, 15) is 4.21 Å². The number of nitrogens with two attached hydrogens (primary N) is 1. The Hall–Kier alpha value is -1.62. The summed E-state index contributed by atoms with van der Waals surface area (Å²) in [4.78, 5) is 4.28. The molecule has 1 aromatic heterocycles. The predicted molar refractivity (Wildman–Crippen MR) is 78.2 cm³/mol. The van der Waals surface area contributed by atoms with Crippen LogP contribution in [0.3, 0.4) is 0 Å². The zero-order chi connectivity index (χ0) is 13.1. The Morgan fingerprint density at radius 1 is 1.44 bits per heavy atom. The summed E-state index contributed by atoms with van der Waals surface area (Å²) in [6.07, 6.45) is 3.45. The molecule has 5 heteroatoms. The minimum atomic E-state index is -0.825.